The van der Waals surface area contributed by atoms with E-state index >= 15 is 0 Å². The normalized spacial score (nSPS) is 10.6. The standard InChI is InChI=1S/C17H14O4/c1-19-13-6-3-11(4-7-13)15-10-21-16-8-5-12(9-14(15)16)17(18)20-2/h3-10H,1-2H3. The van der Waals surface area contributed by atoms with Gasteiger partial charge in [-0.15, -0.1) is 0 Å². The third-order valence-corrected chi connectivity index (χ3v) is 3.40. The van der Waals surface area contributed by atoms with Gasteiger partial charge in [0.1, 0.15) is 11.3 Å². The Bertz CT molecular complexity index is 784. The predicted octanol–water partition coefficient (Wildman–Crippen LogP) is 3.90. The number of fused-ring (bicyclic) bond motifs is 1. The molecule has 3 rings (SSSR count). The summed E-state index contributed by atoms with van der Waals surface area (Å²) in [6.07, 6.45) is 1.69. The molecule has 0 radical (unpaired) electrons. The Morgan fingerprint density at radius 1 is 1.05 bits per heavy atom. The highest BCUT2D eigenvalue weighted by molar-refractivity contribution is 5.99. The van der Waals surface area contributed by atoms with Crippen molar-refractivity contribution in [2.75, 3.05) is 14.2 Å². The van der Waals surface area contributed by atoms with Crippen LogP contribution in [0.4, 0.5) is 0 Å². The maximum Gasteiger partial charge on any atom is 0.337 e. The second-order valence-electron chi connectivity index (χ2n) is 4.58. The SMILES string of the molecule is COC(=O)c1ccc2occ(-c3ccc(OC)cc3)c2c1. The molecule has 0 atom stereocenters. The number of methoxy groups -OCH3 is 2. The summed E-state index contributed by atoms with van der Waals surface area (Å²) >= 11 is 0. The molecule has 4 heteroatoms. The lowest BCUT2D eigenvalue weighted by molar-refractivity contribution is 0.0601. The van der Waals surface area contributed by atoms with Gasteiger partial charge in [-0.3, -0.25) is 0 Å². The van der Waals surface area contributed by atoms with Crippen molar-refractivity contribution >= 4 is 16.9 Å². The van der Waals surface area contributed by atoms with Gasteiger partial charge in [0.2, 0.25) is 0 Å². The largest absolute Gasteiger partial charge is 0.497 e. The van der Waals surface area contributed by atoms with Gasteiger partial charge in [0.15, 0.2) is 0 Å². The Hall–Kier alpha value is -2.75. The van der Waals surface area contributed by atoms with Crippen molar-refractivity contribution < 1.29 is 18.7 Å². The third-order valence-electron chi connectivity index (χ3n) is 3.40. The molecular formula is C17H14O4. The average Bonchev–Trinajstić information content (AvgIpc) is 2.97. The van der Waals surface area contributed by atoms with Crippen molar-refractivity contribution in [3.8, 4) is 16.9 Å². The van der Waals surface area contributed by atoms with Gasteiger partial charge in [-0.25, -0.2) is 4.79 Å². The van der Waals surface area contributed by atoms with Crippen molar-refractivity contribution in [3.63, 3.8) is 0 Å². The predicted molar refractivity (Wildman–Crippen MR) is 79.5 cm³/mol. The number of hydrogen-bond donors (Lipinski definition) is 0. The highest BCUT2D eigenvalue weighted by atomic mass is 16.5. The summed E-state index contributed by atoms with van der Waals surface area (Å²) in [7, 11) is 3.00. The minimum atomic E-state index is -0.362. The lowest BCUT2D eigenvalue weighted by Crippen LogP contribution is -2.00. The van der Waals surface area contributed by atoms with Gasteiger partial charge in [0.05, 0.1) is 26.0 Å². The molecule has 0 saturated carbocycles. The summed E-state index contributed by atoms with van der Waals surface area (Å²) < 4.78 is 15.5. The lowest BCUT2D eigenvalue weighted by Gasteiger charge is -2.03. The Morgan fingerprint density at radius 2 is 1.81 bits per heavy atom. The van der Waals surface area contributed by atoms with Gasteiger partial charge >= 0.3 is 5.97 Å². The quantitative estimate of drug-likeness (QED) is 0.684. The topological polar surface area (TPSA) is 48.7 Å². The van der Waals surface area contributed by atoms with Crippen LogP contribution in [0.1, 0.15) is 10.4 Å². The number of carbonyl (C=O) groups is 1. The first-order valence-electron chi connectivity index (χ1n) is 6.47. The first-order valence-corrected chi connectivity index (χ1v) is 6.47. The van der Waals surface area contributed by atoms with Crippen molar-refractivity contribution in [1.29, 1.82) is 0 Å². The third kappa shape index (κ3) is 2.36. The number of ether oxygens (including phenoxy) is 2. The average molecular weight is 282 g/mol. The van der Waals surface area contributed by atoms with Crippen molar-refractivity contribution in [1.82, 2.24) is 0 Å². The summed E-state index contributed by atoms with van der Waals surface area (Å²) in [4.78, 5) is 11.6. The molecule has 0 unspecified atom stereocenters. The van der Waals surface area contributed by atoms with E-state index < -0.39 is 0 Å². The van der Waals surface area contributed by atoms with Crippen LogP contribution in [0, 0.1) is 0 Å². The molecule has 0 bridgehead atoms. The van der Waals surface area contributed by atoms with E-state index in [9.17, 15) is 4.79 Å². The van der Waals surface area contributed by atoms with E-state index in [4.69, 9.17) is 13.9 Å². The minimum Gasteiger partial charge on any atom is -0.497 e. The molecule has 0 aliphatic carbocycles. The monoisotopic (exact) mass is 282 g/mol. The van der Waals surface area contributed by atoms with Crippen molar-refractivity contribution in [3.05, 3.63) is 54.3 Å². The number of carbonyl (C=O) groups excluding carboxylic acids is 1. The van der Waals surface area contributed by atoms with Crippen LogP contribution in [0.15, 0.2) is 53.1 Å². The molecule has 21 heavy (non-hydrogen) atoms. The molecule has 0 N–H and O–H groups in total. The summed E-state index contributed by atoms with van der Waals surface area (Å²) in [5.74, 6) is 0.431. The fraction of sp³-hybridized carbons (Fsp3) is 0.118. The Morgan fingerprint density at radius 3 is 2.48 bits per heavy atom. The molecule has 1 heterocycles. The van der Waals surface area contributed by atoms with Gasteiger partial charge in [0, 0.05) is 10.9 Å². The van der Waals surface area contributed by atoms with E-state index in [-0.39, 0.29) is 5.97 Å². The molecule has 0 amide bonds. The van der Waals surface area contributed by atoms with Gasteiger partial charge in [0.25, 0.3) is 0 Å². The Kier molecular flexibility index (Phi) is 3.36. The molecule has 0 saturated heterocycles. The number of esters is 1. The summed E-state index contributed by atoms with van der Waals surface area (Å²) in [6, 6.07) is 12.9. The van der Waals surface area contributed by atoms with Crippen LogP contribution >= 0.6 is 0 Å². The highest BCUT2D eigenvalue weighted by Crippen LogP contribution is 2.32. The fourth-order valence-electron chi connectivity index (χ4n) is 2.27. The van der Waals surface area contributed by atoms with Crippen LogP contribution < -0.4 is 4.74 Å². The Labute approximate surface area is 121 Å². The van der Waals surface area contributed by atoms with E-state index in [0.717, 1.165) is 27.8 Å². The molecule has 0 spiro atoms. The summed E-state index contributed by atoms with van der Waals surface area (Å²) in [5.41, 5.74) is 3.16. The molecule has 0 fully saturated rings. The van der Waals surface area contributed by atoms with E-state index in [1.54, 1.807) is 31.6 Å². The minimum absolute atomic E-state index is 0.362. The highest BCUT2D eigenvalue weighted by Gasteiger charge is 2.12. The first kappa shape index (κ1) is 13.2. The van der Waals surface area contributed by atoms with E-state index in [1.165, 1.54) is 7.11 Å². The van der Waals surface area contributed by atoms with Gasteiger partial charge in [-0.2, -0.15) is 0 Å². The fourth-order valence-corrected chi connectivity index (χ4v) is 2.27. The second kappa shape index (κ2) is 5.32. The molecule has 4 nitrogen and oxygen atoms in total. The maximum absolute atomic E-state index is 11.6. The molecule has 106 valence electrons. The molecule has 0 aliphatic rings. The molecule has 2 aromatic carbocycles. The maximum atomic E-state index is 11.6. The molecular weight excluding hydrogens is 268 g/mol. The van der Waals surface area contributed by atoms with E-state index in [1.807, 2.05) is 24.3 Å². The number of rotatable bonds is 3. The summed E-state index contributed by atoms with van der Waals surface area (Å²) in [5, 5.41) is 0.878. The lowest BCUT2D eigenvalue weighted by atomic mass is 10.0. The smallest absolute Gasteiger partial charge is 0.337 e. The van der Waals surface area contributed by atoms with E-state index in [0.29, 0.717) is 5.56 Å². The Balaban J connectivity index is 2.11. The van der Waals surface area contributed by atoms with Gasteiger partial charge in [-0.05, 0) is 35.9 Å². The zero-order valence-electron chi connectivity index (χ0n) is 11.8. The van der Waals surface area contributed by atoms with Crippen LogP contribution in [0.5, 0.6) is 5.75 Å². The van der Waals surface area contributed by atoms with Crippen LogP contribution in [-0.2, 0) is 4.74 Å². The van der Waals surface area contributed by atoms with Crippen LogP contribution in [0.3, 0.4) is 0 Å². The van der Waals surface area contributed by atoms with Crippen LogP contribution in [0.25, 0.3) is 22.1 Å². The molecule has 1 aromatic heterocycles. The number of furan rings is 1. The van der Waals surface area contributed by atoms with Gasteiger partial charge < -0.3 is 13.9 Å². The first-order chi connectivity index (χ1) is 10.2. The summed E-state index contributed by atoms with van der Waals surface area (Å²) in [6.45, 7) is 0. The zero-order valence-corrected chi connectivity index (χ0v) is 11.8. The van der Waals surface area contributed by atoms with Crippen molar-refractivity contribution in [2.45, 2.75) is 0 Å². The zero-order chi connectivity index (χ0) is 14.8. The molecule has 0 aliphatic heterocycles. The van der Waals surface area contributed by atoms with Crippen LogP contribution in [0.2, 0.25) is 0 Å². The second-order valence-corrected chi connectivity index (χ2v) is 4.58. The van der Waals surface area contributed by atoms with Crippen molar-refractivity contribution in [2.24, 2.45) is 0 Å². The number of hydrogen-bond acceptors (Lipinski definition) is 4. The molecule has 3 aromatic rings. The number of benzene rings is 2. The van der Waals surface area contributed by atoms with Gasteiger partial charge in [-0.1, -0.05) is 12.1 Å². The van der Waals surface area contributed by atoms with Crippen LogP contribution in [-0.4, -0.2) is 20.2 Å². The van der Waals surface area contributed by atoms with E-state index in [2.05, 4.69) is 0 Å².